The maximum absolute atomic E-state index is 12.3. The highest BCUT2D eigenvalue weighted by molar-refractivity contribution is 6.32. The summed E-state index contributed by atoms with van der Waals surface area (Å²) in [5.74, 6) is -1.42. The maximum Gasteiger partial charge on any atom is 0.338 e. The van der Waals surface area contributed by atoms with Crippen molar-refractivity contribution in [2.24, 2.45) is 7.05 Å². The zero-order chi connectivity index (χ0) is 20.4. The number of fused-ring (bicyclic) bond motifs is 1. The first kappa shape index (κ1) is 19.5. The molecule has 0 fully saturated rings. The van der Waals surface area contributed by atoms with Gasteiger partial charge in [0.25, 0.3) is 5.56 Å². The van der Waals surface area contributed by atoms with Crippen LogP contribution in [0.3, 0.4) is 0 Å². The average Bonchev–Trinajstić information content (AvgIpc) is 2.90. The van der Waals surface area contributed by atoms with Crippen molar-refractivity contribution in [2.75, 3.05) is 25.6 Å². The molecule has 3 rings (SSSR count). The zero-order valence-electron chi connectivity index (χ0n) is 14.7. The van der Waals surface area contributed by atoms with Gasteiger partial charge in [-0.15, -0.1) is 0 Å². The average molecular weight is 410 g/mol. The lowest BCUT2D eigenvalue weighted by Gasteiger charge is -2.11. The summed E-state index contributed by atoms with van der Waals surface area (Å²) in [7, 11) is 1.29. The predicted octanol–water partition coefficient (Wildman–Crippen LogP) is 0.510. The van der Waals surface area contributed by atoms with E-state index in [0.717, 1.165) is 4.57 Å². The molecular formula is C17H16ClN3O7. The Kier molecular flexibility index (Phi) is 5.41. The molecule has 0 amide bonds. The van der Waals surface area contributed by atoms with E-state index in [1.165, 1.54) is 19.2 Å². The number of benzene rings is 1. The highest BCUT2D eigenvalue weighted by atomic mass is 35.5. The summed E-state index contributed by atoms with van der Waals surface area (Å²) in [5, 5.41) is 0.163. The summed E-state index contributed by atoms with van der Waals surface area (Å²) >= 11 is 6.12. The molecule has 0 atom stereocenters. The molecule has 0 bridgehead atoms. The van der Waals surface area contributed by atoms with Gasteiger partial charge in [-0.1, -0.05) is 11.6 Å². The molecule has 3 N–H and O–H groups in total. The minimum Gasteiger partial charge on any atom is -0.489 e. The quantitative estimate of drug-likeness (QED) is 0.549. The smallest absolute Gasteiger partial charge is 0.338 e. The van der Waals surface area contributed by atoms with E-state index in [4.69, 9.17) is 31.5 Å². The number of hydrogen-bond donors (Lipinski definition) is 2. The number of carbonyl (C=O) groups is 2. The van der Waals surface area contributed by atoms with Crippen molar-refractivity contribution in [3.8, 4) is 11.5 Å². The Morgan fingerprint density at radius 2 is 2.00 bits per heavy atom. The number of esters is 1. The normalized spacial score (nSPS) is 12.9. The number of H-pyrrole nitrogens is 1. The van der Waals surface area contributed by atoms with E-state index in [1.807, 2.05) is 4.98 Å². The van der Waals surface area contributed by atoms with Crippen molar-refractivity contribution >= 4 is 29.2 Å². The summed E-state index contributed by atoms with van der Waals surface area (Å²) in [5.41, 5.74) is 3.50. The molecule has 0 radical (unpaired) electrons. The third-order valence-corrected chi connectivity index (χ3v) is 4.30. The van der Waals surface area contributed by atoms with Crippen molar-refractivity contribution in [2.45, 2.75) is 6.42 Å². The summed E-state index contributed by atoms with van der Waals surface area (Å²) in [6, 6.07) is 2.72. The minimum absolute atomic E-state index is 0.0457. The molecule has 1 aliphatic heterocycles. The van der Waals surface area contributed by atoms with E-state index in [0.29, 0.717) is 31.1 Å². The van der Waals surface area contributed by atoms with Gasteiger partial charge in [0.1, 0.15) is 11.4 Å². The van der Waals surface area contributed by atoms with Gasteiger partial charge in [0, 0.05) is 13.5 Å². The maximum atomic E-state index is 12.3. The molecule has 11 heteroatoms. The number of ether oxygens (including phenoxy) is 3. The standard InChI is InChI=1S/C17H16ClN3O7/c1-21-14(19)12(15(23)20-17(21)25)10(22)7-28-16(24)8-5-9(18)13-11(6-8)26-3-2-4-27-13/h5-6H,2-4,7,19H2,1H3,(H,20,23,25). The van der Waals surface area contributed by atoms with E-state index in [-0.39, 0.29) is 16.4 Å². The lowest BCUT2D eigenvalue weighted by atomic mass is 10.2. The lowest BCUT2D eigenvalue weighted by molar-refractivity contribution is 0.0474. The van der Waals surface area contributed by atoms with Gasteiger partial charge in [-0.3, -0.25) is 19.1 Å². The highest BCUT2D eigenvalue weighted by Crippen LogP contribution is 2.38. The number of aromatic nitrogens is 2. The van der Waals surface area contributed by atoms with Crippen LogP contribution in [-0.2, 0) is 11.8 Å². The van der Waals surface area contributed by atoms with Crippen LogP contribution in [0.5, 0.6) is 11.5 Å². The number of nitrogens with two attached hydrogens (primary N) is 1. The summed E-state index contributed by atoms with van der Waals surface area (Å²) in [6.45, 7) is 0.0754. The molecule has 2 aromatic rings. The number of nitrogens with zero attached hydrogens (tertiary/aromatic N) is 1. The van der Waals surface area contributed by atoms with Gasteiger partial charge in [-0.05, 0) is 12.1 Å². The molecule has 10 nitrogen and oxygen atoms in total. The Hall–Kier alpha value is -3.27. The van der Waals surface area contributed by atoms with Crippen LogP contribution >= 0.6 is 11.6 Å². The number of carbonyl (C=O) groups excluding carboxylic acids is 2. The topological polar surface area (TPSA) is 143 Å². The molecule has 1 aromatic carbocycles. The Morgan fingerprint density at radius 1 is 1.29 bits per heavy atom. The van der Waals surface area contributed by atoms with Gasteiger partial charge in [0.05, 0.1) is 23.8 Å². The number of nitrogens with one attached hydrogen (secondary N) is 1. The number of nitrogen functional groups attached to an aromatic ring is 1. The van der Waals surface area contributed by atoms with Gasteiger partial charge in [-0.25, -0.2) is 9.59 Å². The van der Waals surface area contributed by atoms with E-state index >= 15 is 0 Å². The van der Waals surface area contributed by atoms with Crippen molar-refractivity contribution in [3.63, 3.8) is 0 Å². The largest absolute Gasteiger partial charge is 0.489 e. The predicted molar refractivity (Wildman–Crippen MR) is 98.4 cm³/mol. The number of hydrogen-bond acceptors (Lipinski definition) is 8. The Labute approximate surface area is 162 Å². The van der Waals surface area contributed by atoms with Crippen molar-refractivity contribution < 1.29 is 23.8 Å². The second kappa shape index (κ2) is 7.77. The molecule has 0 unspecified atom stereocenters. The molecule has 2 heterocycles. The molecule has 148 valence electrons. The Balaban J connectivity index is 1.78. The zero-order valence-corrected chi connectivity index (χ0v) is 15.5. The van der Waals surface area contributed by atoms with Crippen LogP contribution in [-0.4, -0.2) is 41.1 Å². The van der Waals surface area contributed by atoms with E-state index < -0.39 is 35.2 Å². The summed E-state index contributed by atoms with van der Waals surface area (Å²) < 4.78 is 16.8. The molecule has 0 saturated heterocycles. The lowest BCUT2D eigenvalue weighted by Crippen LogP contribution is -2.35. The van der Waals surface area contributed by atoms with E-state index in [1.54, 1.807) is 0 Å². The summed E-state index contributed by atoms with van der Waals surface area (Å²) in [6.07, 6.45) is 0.662. The molecule has 1 aliphatic rings. The highest BCUT2D eigenvalue weighted by Gasteiger charge is 2.22. The first-order chi connectivity index (χ1) is 13.3. The van der Waals surface area contributed by atoms with Crippen molar-refractivity contribution in [3.05, 3.63) is 49.1 Å². The monoisotopic (exact) mass is 409 g/mol. The molecular weight excluding hydrogens is 394 g/mol. The first-order valence-corrected chi connectivity index (χ1v) is 8.55. The van der Waals surface area contributed by atoms with Crippen LogP contribution in [0, 0.1) is 0 Å². The SMILES string of the molecule is Cn1c(N)c(C(=O)COC(=O)c2cc(Cl)c3c(c2)OCCCO3)c(=O)[nH]c1=O. The molecule has 0 aliphatic carbocycles. The first-order valence-electron chi connectivity index (χ1n) is 8.18. The van der Waals surface area contributed by atoms with Crippen LogP contribution in [0.25, 0.3) is 0 Å². The number of aromatic amines is 1. The van der Waals surface area contributed by atoms with Gasteiger partial charge in [-0.2, -0.15) is 0 Å². The number of anilines is 1. The van der Waals surface area contributed by atoms with E-state index in [2.05, 4.69) is 0 Å². The third kappa shape index (κ3) is 3.72. The number of halogens is 1. The van der Waals surface area contributed by atoms with E-state index in [9.17, 15) is 19.2 Å². The van der Waals surface area contributed by atoms with Crippen LogP contribution in [0.15, 0.2) is 21.7 Å². The number of Topliss-reactive ketones (excluding diaryl/α,β-unsaturated/α-hetero) is 1. The number of rotatable bonds is 4. The fraction of sp³-hybridized carbons (Fsp3) is 0.294. The van der Waals surface area contributed by atoms with Gasteiger partial charge < -0.3 is 19.9 Å². The third-order valence-electron chi connectivity index (χ3n) is 4.02. The van der Waals surface area contributed by atoms with Crippen LogP contribution in [0.2, 0.25) is 5.02 Å². The Bertz CT molecular complexity index is 1070. The van der Waals surface area contributed by atoms with Gasteiger partial charge in [0.2, 0.25) is 5.78 Å². The van der Waals surface area contributed by atoms with Crippen LogP contribution in [0.4, 0.5) is 5.82 Å². The van der Waals surface area contributed by atoms with Crippen LogP contribution < -0.4 is 26.5 Å². The van der Waals surface area contributed by atoms with Gasteiger partial charge in [0.15, 0.2) is 18.1 Å². The fourth-order valence-corrected chi connectivity index (χ4v) is 2.81. The number of ketones is 1. The van der Waals surface area contributed by atoms with Crippen molar-refractivity contribution in [1.82, 2.24) is 9.55 Å². The summed E-state index contributed by atoms with van der Waals surface area (Å²) in [4.78, 5) is 49.8. The Morgan fingerprint density at radius 3 is 2.75 bits per heavy atom. The van der Waals surface area contributed by atoms with Crippen LogP contribution in [0.1, 0.15) is 27.1 Å². The molecule has 28 heavy (non-hydrogen) atoms. The minimum atomic E-state index is -0.958. The van der Waals surface area contributed by atoms with Crippen molar-refractivity contribution in [1.29, 1.82) is 0 Å². The van der Waals surface area contributed by atoms with Gasteiger partial charge >= 0.3 is 11.7 Å². The molecule has 0 spiro atoms. The fourth-order valence-electron chi connectivity index (χ4n) is 2.54. The second-order valence-electron chi connectivity index (χ2n) is 5.91. The molecule has 1 aromatic heterocycles. The molecule has 0 saturated carbocycles. The second-order valence-corrected chi connectivity index (χ2v) is 6.32.